The van der Waals surface area contributed by atoms with Gasteiger partial charge >= 0.3 is 7.12 Å². The quantitative estimate of drug-likeness (QED) is 0.473. The van der Waals surface area contributed by atoms with E-state index in [1.165, 1.54) is 7.11 Å². The molecule has 1 aliphatic heterocycles. The van der Waals surface area contributed by atoms with Gasteiger partial charge in [0.15, 0.2) is 6.23 Å². The van der Waals surface area contributed by atoms with Gasteiger partial charge in [-0.2, -0.15) is 5.48 Å². The van der Waals surface area contributed by atoms with E-state index in [9.17, 15) is 5.11 Å². The molecule has 0 bridgehead atoms. The molecule has 0 aromatic heterocycles. The summed E-state index contributed by atoms with van der Waals surface area (Å²) in [7, 11) is 2.60. The maximum Gasteiger partial charge on any atom is 0.487 e. The van der Waals surface area contributed by atoms with Crippen LogP contribution in [0.2, 0.25) is 0 Å². The number of hydroxylamine groups is 1. The molecule has 1 heterocycles. The molecule has 0 aliphatic carbocycles. The summed E-state index contributed by atoms with van der Waals surface area (Å²) < 4.78 is 17.2. The van der Waals surface area contributed by atoms with Crippen molar-refractivity contribution in [2.24, 2.45) is 0 Å². The van der Waals surface area contributed by atoms with Crippen molar-refractivity contribution in [3.05, 3.63) is 35.3 Å². The minimum Gasteiger partial charge on any atom is -0.497 e. The van der Waals surface area contributed by atoms with Crippen LogP contribution in [-0.2, 0) is 14.1 Å². The van der Waals surface area contributed by atoms with Gasteiger partial charge in [-0.05, 0) is 51.5 Å². The molecule has 6 nitrogen and oxygen atoms in total. The minimum atomic E-state index is -0.950. The Bertz CT molecular complexity index is 587. The molecule has 1 unspecified atom stereocenters. The maximum absolute atomic E-state index is 10.0. The van der Waals surface area contributed by atoms with Crippen molar-refractivity contribution in [3.8, 4) is 5.75 Å². The minimum absolute atomic E-state index is 0.375. The highest BCUT2D eigenvalue weighted by Gasteiger charge is 2.49. The largest absolute Gasteiger partial charge is 0.497 e. The fraction of sp³-hybridized carbons (Fsp3) is 0.529. The smallest absolute Gasteiger partial charge is 0.487 e. The predicted octanol–water partition coefficient (Wildman–Crippen LogP) is 2.48. The zero-order valence-electron chi connectivity index (χ0n) is 15.1. The van der Waals surface area contributed by atoms with Crippen LogP contribution in [0.5, 0.6) is 5.75 Å². The van der Waals surface area contributed by atoms with Crippen molar-refractivity contribution in [2.75, 3.05) is 14.2 Å². The Balaban J connectivity index is 2.19. The standard InChI is InChI=1S/C17H26BNO5/c1-16(2)17(3,4)24-18(23-16)8-7-12-9-13(15(20)19-22-6)11-14(10-12)21-5/h7-11,15,19-20H,1-6H3/b8-7+. The van der Waals surface area contributed by atoms with Crippen molar-refractivity contribution in [1.29, 1.82) is 0 Å². The molecular formula is C17H26BNO5. The molecule has 1 aromatic carbocycles. The van der Waals surface area contributed by atoms with Gasteiger partial charge in [-0.15, -0.1) is 0 Å². The third kappa shape index (κ3) is 4.17. The van der Waals surface area contributed by atoms with Gasteiger partial charge in [-0.3, -0.25) is 0 Å². The van der Waals surface area contributed by atoms with Gasteiger partial charge in [0.25, 0.3) is 0 Å². The van der Waals surface area contributed by atoms with Crippen molar-refractivity contribution >= 4 is 13.2 Å². The van der Waals surface area contributed by atoms with Crippen LogP contribution in [0.4, 0.5) is 0 Å². The zero-order chi connectivity index (χ0) is 18.0. The van der Waals surface area contributed by atoms with E-state index in [2.05, 4.69) is 5.48 Å². The van der Waals surface area contributed by atoms with Gasteiger partial charge in [0.1, 0.15) is 5.75 Å². The molecule has 1 fully saturated rings. The molecule has 1 aliphatic rings. The predicted molar refractivity (Wildman–Crippen MR) is 93.2 cm³/mol. The molecule has 24 heavy (non-hydrogen) atoms. The SMILES string of the molecule is CONC(O)c1cc(/C=C/B2OC(C)(C)C(C)(C)O2)cc(OC)c1. The second kappa shape index (κ2) is 7.25. The summed E-state index contributed by atoms with van der Waals surface area (Å²) in [6.45, 7) is 8.04. The third-order valence-electron chi connectivity index (χ3n) is 4.45. The summed E-state index contributed by atoms with van der Waals surface area (Å²) in [6.07, 6.45) is 0.933. The normalized spacial score (nSPS) is 20.5. The fourth-order valence-electron chi connectivity index (χ4n) is 2.35. The summed E-state index contributed by atoms with van der Waals surface area (Å²) in [6, 6.07) is 5.44. The van der Waals surface area contributed by atoms with Crippen molar-refractivity contribution in [3.63, 3.8) is 0 Å². The van der Waals surface area contributed by atoms with Crippen LogP contribution in [0, 0.1) is 0 Å². The van der Waals surface area contributed by atoms with E-state index in [-0.39, 0.29) is 11.2 Å². The molecule has 1 aromatic rings. The number of hydrogen-bond donors (Lipinski definition) is 2. The van der Waals surface area contributed by atoms with E-state index in [4.69, 9.17) is 18.9 Å². The van der Waals surface area contributed by atoms with Crippen LogP contribution in [-0.4, -0.2) is 37.6 Å². The summed E-state index contributed by atoms with van der Waals surface area (Å²) in [5, 5.41) is 10.0. The van der Waals surface area contributed by atoms with Gasteiger partial charge in [0.05, 0.1) is 25.4 Å². The van der Waals surface area contributed by atoms with E-state index in [0.29, 0.717) is 11.3 Å². The molecule has 1 atom stereocenters. The Morgan fingerprint density at radius 1 is 1.12 bits per heavy atom. The van der Waals surface area contributed by atoms with Gasteiger partial charge < -0.3 is 24.0 Å². The first-order valence-corrected chi connectivity index (χ1v) is 7.88. The third-order valence-corrected chi connectivity index (χ3v) is 4.45. The Kier molecular flexibility index (Phi) is 5.73. The second-order valence-corrected chi connectivity index (χ2v) is 6.75. The fourth-order valence-corrected chi connectivity index (χ4v) is 2.35. The lowest BCUT2D eigenvalue weighted by molar-refractivity contribution is -0.0321. The van der Waals surface area contributed by atoms with Gasteiger partial charge in [-0.25, -0.2) is 0 Å². The number of benzene rings is 1. The zero-order valence-corrected chi connectivity index (χ0v) is 15.1. The number of nitrogens with one attached hydrogen (secondary N) is 1. The average molecular weight is 335 g/mol. The number of methoxy groups -OCH3 is 1. The maximum atomic E-state index is 10.0. The van der Waals surface area contributed by atoms with E-state index in [1.54, 1.807) is 13.2 Å². The first-order valence-electron chi connectivity index (χ1n) is 7.88. The summed E-state index contributed by atoms with van der Waals surface area (Å²) in [5.41, 5.74) is 3.22. The lowest BCUT2D eigenvalue weighted by atomic mass is 9.89. The molecule has 0 radical (unpaired) electrons. The molecule has 2 rings (SSSR count). The monoisotopic (exact) mass is 335 g/mol. The molecule has 0 spiro atoms. The Hall–Kier alpha value is -1.38. The lowest BCUT2D eigenvalue weighted by Crippen LogP contribution is -2.41. The Morgan fingerprint density at radius 3 is 2.29 bits per heavy atom. The van der Waals surface area contributed by atoms with Crippen LogP contribution in [0.3, 0.4) is 0 Å². The average Bonchev–Trinajstić information content (AvgIpc) is 2.72. The van der Waals surface area contributed by atoms with Crippen LogP contribution < -0.4 is 10.2 Å². The number of aliphatic hydroxyl groups is 1. The Morgan fingerprint density at radius 2 is 1.75 bits per heavy atom. The van der Waals surface area contributed by atoms with E-state index in [1.807, 2.05) is 51.9 Å². The van der Waals surface area contributed by atoms with Gasteiger partial charge in [0.2, 0.25) is 0 Å². The summed E-state index contributed by atoms with van der Waals surface area (Å²) in [4.78, 5) is 4.76. The van der Waals surface area contributed by atoms with E-state index in [0.717, 1.165) is 5.56 Å². The van der Waals surface area contributed by atoms with Crippen LogP contribution in [0.15, 0.2) is 24.2 Å². The van der Waals surface area contributed by atoms with Gasteiger partial charge in [-0.1, -0.05) is 12.1 Å². The topological polar surface area (TPSA) is 69.2 Å². The number of aliphatic hydroxyl groups excluding tert-OH is 1. The van der Waals surface area contributed by atoms with Crippen LogP contribution in [0.1, 0.15) is 45.0 Å². The Labute approximate surface area is 143 Å². The van der Waals surface area contributed by atoms with Crippen LogP contribution in [0.25, 0.3) is 6.08 Å². The highest BCUT2D eigenvalue weighted by molar-refractivity contribution is 6.52. The van der Waals surface area contributed by atoms with Crippen molar-refractivity contribution in [2.45, 2.75) is 45.1 Å². The van der Waals surface area contributed by atoms with E-state index < -0.39 is 13.3 Å². The molecule has 0 saturated carbocycles. The number of ether oxygens (including phenoxy) is 1. The molecule has 2 N–H and O–H groups in total. The number of rotatable bonds is 6. The summed E-state index contributed by atoms with van der Waals surface area (Å²) >= 11 is 0. The molecule has 0 amide bonds. The number of hydrogen-bond acceptors (Lipinski definition) is 6. The highest BCUT2D eigenvalue weighted by atomic mass is 16.7. The second-order valence-electron chi connectivity index (χ2n) is 6.75. The van der Waals surface area contributed by atoms with E-state index >= 15 is 0 Å². The highest BCUT2D eigenvalue weighted by Crippen LogP contribution is 2.37. The molecule has 1 saturated heterocycles. The first kappa shape index (κ1) is 19.0. The first-order chi connectivity index (χ1) is 11.2. The van der Waals surface area contributed by atoms with Crippen molar-refractivity contribution < 1.29 is 24.0 Å². The summed E-state index contributed by atoms with van der Waals surface area (Å²) in [5.74, 6) is 2.49. The van der Waals surface area contributed by atoms with Crippen molar-refractivity contribution in [1.82, 2.24) is 5.48 Å². The van der Waals surface area contributed by atoms with Crippen LogP contribution >= 0.6 is 0 Å². The molecular weight excluding hydrogens is 309 g/mol. The van der Waals surface area contributed by atoms with Gasteiger partial charge in [0, 0.05) is 5.56 Å². The molecule has 7 heteroatoms. The molecule has 132 valence electrons. The lowest BCUT2D eigenvalue weighted by Gasteiger charge is -2.32.